The Hall–Kier alpha value is -3.09. The number of amides is 2. The van der Waals surface area contributed by atoms with Gasteiger partial charge in [-0.15, -0.1) is 0 Å². The molecule has 0 radical (unpaired) electrons. The van der Waals surface area contributed by atoms with Gasteiger partial charge >= 0.3 is 12.1 Å². The summed E-state index contributed by atoms with van der Waals surface area (Å²) in [5.74, 6) is -4.53. The molecule has 0 aliphatic heterocycles. The Kier molecular flexibility index (Phi) is 6.75. The van der Waals surface area contributed by atoms with Gasteiger partial charge in [-0.1, -0.05) is 23.7 Å². The lowest BCUT2D eigenvalue weighted by Crippen LogP contribution is -2.47. The predicted octanol–water partition coefficient (Wildman–Crippen LogP) is 0.374. The molecule has 13 heteroatoms. The molecular weight excluding hydrogens is 429 g/mol. The number of sulfonamides is 1. The molecule has 0 aliphatic carbocycles. The van der Waals surface area contributed by atoms with Crippen LogP contribution in [-0.4, -0.2) is 40.5 Å². The van der Waals surface area contributed by atoms with Crippen LogP contribution in [0.5, 0.6) is 0 Å². The highest BCUT2D eigenvalue weighted by Gasteiger charge is 2.39. The summed E-state index contributed by atoms with van der Waals surface area (Å²) < 4.78 is 76.1. The van der Waals surface area contributed by atoms with Crippen LogP contribution in [0.2, 0.25) is 0 Å². The molecule has 2 aromatic carbocycles. The van der Waals surface area contributed by atoms with E-state index < -0.39 is 33.8 Å². The fourth-order valence-corrected chi connectivity index (χ4v) is 3.22. The van der Waals surface area contributed by atoms with Crippen molar-refractivity contribution in [3.05, 3.63) is 59.4 Å². The SMILES string of the molecule is Bc1ccc(N(Cc2ccc(C(=O)NNC(=O)C(F)(F)F)cc2F)S(C)(=O)=O)cc1. The third-order valence-corrected chi connectivity index (χ3v) is 5.04. The molecule has 0 spiro atoms. The number of alkyl halides is 3. The smallest absolute Gasteiger partial charge is 0.267 e. The van der Waals surface area contributed by atoms with Crippen molar-refractivity contribution >= 4 is 40.8 Å². The third kappa shape index (κ3) is 5.96. The summed E-state index contributed by atoms with van der Waals surface area (Å²) in [5, 5.41) is 0. The normalized spacial score (nSPS) is 11.6. The molecule has 2 N–H and O–H groups in total. The van der Waals surface area contributed by atoms with Gasteiger partial charge in [-0.25, -0.2) is 12.8 Å². The van der Waals surface area contributed by atoms with Crippen molar-refractivity contribution in [2.24, 2.45) is 0 Å². The summed E-state index contributed by atoms with van der Waals surface area (Å²) in [7, 11) is -1.96. The van der Waals surface area contributed by atoms with Crippen molar-refractivity contribution in [2.45, 2.75) is 12.7 Å². The van der Waals surface area contributed by atoms with Crippen molar-refractivity contribution in [3.63, 3.8) is 0 Å². The molecule has 0 heterocycles. The second kappa shape index (κ2) is 8.73. The van der Waals surface area contributed by atoms with Crippen LogP contribution in [-0.2, 0) is 21.4 Å². The van der Waals surface area contributed by atoms with Crippen molar-refractivity contribution in [1.29, 1.82) is 0 Å². The van der Waals surface area contributed by atoms with E-state index in [1.165, 1.54) is 5.43 Å². The van der Waals surface area contributed by atoms with Crippen molar-refractivity contribution in [3.8, 4) is 0 Å². The Morgan fingerprint density at radius 3 is 2.17 bits per heavy atom. The van der Waals surface area contributed by atoms with Gasteiger partial charge in [0.15, 0.2) is 0 Å². The maximum atomic E-state index is 14.5. The largest absolute Gasteiger partial charge is 0.472 e. The molecule has 2 aromatic rings. The van der Waals surface area contributed by atoms with Crippen LogP contribution < -0.4 is 20.6 Å². The third-order valence-electron chi connectivity index (χ3n) is 3.90. The lowest BCUT2D eigenvalue weighted by molar-refractivity contribution is -0.174. The zero-order valence-electron chi connectivity index (χ0n) is 15.7. The van der Waals surface area contributed by atoms with Gasteiger partial charge in [0, 0.05) is 11.1 Å². The van der Waals surface area contributed by atoms with E-state index in [4.69, 9.17) is 0 Å². The fraction of sp³-hybridized carbons (Fsp3) is 0.176. The molecular formula is C17H16BF4N3O4S. The van der Waals surface area contributed by atoms with Crippen LogP contribution in [0.4, 0.5) is 23.2 Å². The zero-order valence-corrected chi connectivity index (χ0v) is 16.6. The first kappa shape index (κ1) is 23.2. The Labute approximate surface area is 170 Å². The van der Waals surface area contributed by atoms with Gasteiger partial charge in [0.1, 0.15) is 13.7 Å². The summed E-state index contributed by atoms with van der Waals surface area (Å²) in [6.07, 6.45) is -4.25. The standard InChI is InChI=1S/C17H16BF4N3O4S/c1-30(28,29)25(13-6-4-12(18)5-7-13)9-11-3-2-10(8-14(11)19)15(26)23-24-16(27)17(20,21)22/h2-8H,9,18H2,1H3,(H,23,26)(H,24,27). The molecule has 0 bridgehead atoms. The summed E-state index contributed by atoms with van der Waals surface area (Å²) in [6.45, 7) is -0.375. The van der Waals surface area contributed by atoms with Crippen LogP contribution in [0.25, 0.3) is 0 Å². The highest BCUT2D eigenvalue weighted by molar-refractivity contribution is 7.92. The van der Waals surface area contributed by atoms with Gasteiger partial charge in [-0.05, 0) is 24.3 Å². The first-order valence-electron chi connectivity index (χ1n) is 8.29. The van der Waals surface area contributed by atoms with E-state index in [2.05, 4.69) is 0 Å². The molecule has 0 saturated heterocycles. The lowest BCUT2D eigenvalue weighted by Gasteiger charge is -2.23. The number of hydrazine groups is 1. The zero-order chi connectivity index (χ0) is 22.7. The maximum Gasteiger partial charge on any atom is 0.472 e. The monoisotopic (exact) mass is 445 g/mol. The predicted molar refractivity (Wildman–Crippen MR) is 104 cm³/mol. The average molecular weight is 445 g/mol. The van der Waals surface area contributed by atoms with Crippen LogP contribution in [0.15, 0.2) is 42.5 Å². The second-order valence-electron chi connectivity index (χ2n) is 6.32. The highest BCUT2D eigenvalue weighted by atomic mass is 32.2. The lowest BCUT2D eigenvalue weighted by atomic mass is 9.96. The van der Waals surface area contributed by atoms with E-state index in [1.807, 2.05) is 7.85 Å². The number of nitrogens with one attached hydrogen (secondary N) is 2. The van der Waals surface area contributed by atoms with Crippen LogP contribution in [0.3, 0.4) is 0 Å². The van der Waals surface area contributed by atoms with Gasteiger partial charge < -0.3 is 0 Å². The van der Waals surface area contributed by atoms with E-state index >= 15 is 0 Å². The number of rotatable bonds is 5. The number of halogens is 4. The first-order valence-corrected chi connectivity index (χ1v) is 10.1. The Morgan fingerprint density at radius 1 is 1.07 bits per heavy atom. The quantitative estimate of drug-likeness (QED) is 0.395. The molecule has 0 unspecified atom stereocenters. The van der Waals surface area contributed by atoms with Crippen molar-refractivity contribution in [1.82, 2.24) is 10.9 Å². The van der Waals surface area contributed by atoms with E-state index in [9.17, 15) is 35.6 Å². The number of benzene rings is 2. The molecule has 7 nitrogen and oxygen atoms in total. The minimum absolute atomic E-state index is 0.0723. The van der Waals surface area contributed by atoms with Crippen LogP contribution >= 0.6 is 0 Å². The first-order chi connectivity index (χ1) is 13.8. The number of nitrogens with zero attached hydrogens (tertiary/aromatic N) is 1. The molecule has 0 aliphatic rings. The Balaban J connectivity index is 2.20. The second-order valence-corrected chi connectivity index (χ2v) is 8.22. The van der Waals surface area contributed by atoms with E-state index in [-0.39, 0.29) is 17.7 Å². The van der Waals surface area contributed by atoms with Gasteiger partial charge in [0.25, 0.3) is 5.91 Å². The van der Waals surface area contributed by atoms with Crippen LogP contribution in [0.1, 0.15) is 15.9 Å². The summed E-state index contributed by atoms with van der Waals surface area (Å²) in [5.41, 5.74) is 3.43. The van der Waals surface area contributed by atoms with E-state index in [1.54, 1.807) is 24.3 Å². The Morgan fingerprint density at radius 2 is 1.67 bits per heavy atom. The van der Waals surface area contributed by atoms with Crippen LogP contribution in [0, 0.1) is 5.82 Å². The molecule has 160 valence electrons. The summed E-state index contributed by atoms with van der Waals surface area (Å²) in [4.78, 5) is 22.5. The van der Waals surface area contributed by atoms with Gasteiger partial charge in [0.2, 0.25) is 10.0 Å². The summed E-state index contributed by atoms with van der Waals surface area (Å²) in [6, 6.07) is 9.42. The van der Waals surface area contributed by atoms with E-state index in [0.717, 1.165) is 39.6 Å². The van der Waals surface area contributed by atoms with Crippen molar-refractivity contribution in [2.75, 3.05) is 10.6 Å². The minimum atomic E-state index is -5.20. The number of carbonyl (C=O) groups is 2. The van der Waals surface area contributed by atoms with Crippen molar-refractivity contribution < 1.29 is 35.6 Å². The number of anilines is 1. The molecule has 0 atom stereocenters. The molecule has 30 heavy (non-hydrogen) atoms. The number of carbonyl (C=O) groups excluding carboxylic acids is 2. The molecule has 2 rings (SSSR count). The summed E-state index contributed by atoms with van der Waals surface area (Å²) >= 11 is 0. The van der Waals surface area contributed by atoms with Gasteiger partial charge in [0.05, 0.1) is 18.5 Å². The Bertz CT molecular complexity index is 1060. The molecule has 0 aromatic heterocycles. The molecule has 0 saturated carbocycles. The number of hydrogen-bond donors (Lipinski definition) is 2. The topological polar surface area (TPSA) is 95.6 Å². The molecule has 2 amide bonds. The average Bonchev–Trinajstić information content (AvgIpc) is 2.64. The highest BCUT2D eigenvalue weighted by Crippen LogP contribution is 2.21. The number of hydrogen-bond acceptors (Lipinski definition) is 4. The fourth-order valence-electron chi connectivity index (χ4n) is 2.34. The van der Waals surface area contributed by atoms with Gasteiger partial charge in [-0.3, -0.25) is 24.7 Å². The molecule has 0 fully saturated rings. The maximum absolute atomic E-state index is 14.5. The van der Waals surface area contributed by atoms with E-state index in [0.29, 0.717) is 5.69 Å². The van der Waals surface area contributed by atoms with Gasteiger partial charge in [-0.2, -0.15) is 13.2 Å². The minimum Gasteiger partial charge on any atom is -0.267 e.